The Morgan fingerprint density at radius 2 is 1.93 bits per heavy atom. The average Bonchev–Trinajstić information content (AvgIpc) is 3.18. The van der Waals surface area contributed by atoms with Crippen LogP contribution in [0, 0.1) is 11.8 Å². The molecule has 1 saturated heterocycles. The van der Waals surface area contributed by atoms with Crippen molar-refractivity contribution in [2.24, 2.45) is 11.8 Å². The van der Waals surface area contributed by atoms with Crippen molar-refractivity contribution in [3.05, 3.63) is 18.0 Å². The quantitative estimate of drug-likeness (QED) is 0.402. The number of ether oxygens (including phenoxy) is 2. The van der Waals surface area contributed by atoms with Gasteiger partial charge in [0.15, 0.2) is 0 Å². The fourth-order valence-corrected chi connectivity index (χ4v) is 5.70. The first-order valence-corrected chi connectivity index (χ1v) is 16.0. The van der Waals surface area contributed by atoms with Gasteiger partial charge in [0.05, 0.1) is 12.7 Å². The monoisotopic (exact) mass is 435 g/mol. The van der Waals surface area contributed by atoms with Gasteiger partial charge < -0.3 is 14.8 Å². The van der Waals surface area contributed by atoms with Gasteiger partial charge in [0.25, 0.3) is 0 Å². The lowest BCUT2D eigenvalue weighted by molar-refractivity contribution is -0.00470. The smallest absolute Gasteiger partial charge is 0.139 e. The predicted octanol–water partition coefficient (Wildman–Crippen LogP) is 5.26. The largest absolute Gasteiger partial charge is 0.377 e. The molecule has 2 aliphatic rings. The molecule has 2 atom stereocenters. The minimum absolute atomic E-state index is 0.374. The Morgan fingerprint density at radius 1 is 1.17 bits per heavy atom. The van der Waals surface area contributed by atoms with Crippen LogP contribution in [0.2, 0.25) is 25.7 Å². The van der Waals surface area contributed by atoms with Crippen LogP contribution in [0.1, 0.15) is 64.0 Å². The summed E-state index contributed by atoms with van der Waals surface area (Å²) in [5, 5.41) is 8.31. The third-order valence-electron chi connectivity index (χ3n) is 7.10. The van der Waals surface area contributed by atoms with Crippen LogP contribution in [0.15, 0.2) is 12.3 Å². The highest BCUT2D eigenvalue weighted by molar-refractivity contribution is 6.76. The second-order valence-electron chi connectivity index (χ2n) is 11.0. The molecule has 1 unspecified atom stereocenters. The third kappa shape index (κ3) is 7.18. The first kappa shape index (κ1) is 24.0. The zero-order valence-electron chi connectivity index (χ0n) is 20.0. The van der Waals surface area contributed by atoms with Crippen molar-refractivity contribution < 1.29 is 9.47 Å². The van der Waals surface area contributed by atoms with Crippen LogP contribution >= 0.6 is 0 Å². The fraction of sp³-hybridized carbons (Fsp3) is 0.875. The number of hydrogen-bond donors (Lipinski definition) is 1. The third-order valence-corrected chi connectivity index (χ3v) is 8.80. The zero-order valence-corrected chi connectivity index (χ0v) is 21.0. The maximum Gasteiger partial charge on any atom is 0.139 e. The van der Waals surface area contributed by atoms with Crippen LogP contribution in [0.25, 0.3) is 0 Å². The molecule has 172 valence electrons. The molecule has 2 fully saturated rings. The van der Waals surface area contributed by atoms with Gasteiger partial charge in [-0.25, -0.2) is 4.68 Å². The molecule has 0 spiro atoms. The van der Waals surface area contributed by atoms with E-state index in [4.69, 9.17) is 9.47 Å². The first-order chi connectivity index (χ1) is 14.3. The summed E-state index contributed by atoms with van der Waals surface area (Å²) in [6, 6.07) is 3.75. The summed E-state index contributed by atoms with van der Waals surface area (Å²) in [5.74, 6) is 2.15. The minimum atomic E-state index is -1.06. The molecular formula is C24H45N3O2Si. The lowest BCUT2D eigenvalue weighted by Gasteiger charge is -2.36. The molecule has 0 amide bonds. The summed E-state index contributed by atoms with van der Waals surface area (Å²) in [4.78, 5) is 0. The summed E-state index contributed by atoms with van der Waals surface area (Å²) in [6.45, 7) is 15.2. The second-order valence-corrected chi connectivity index (χ2v) is 16.6. The molecule has 1 aliphatic heterocycles. The van der Waals surface area contributed by atoms with Crippen molar-refractivity contribution in [2.75, 3.05) is 19.8 Å². The number of nitrogens with one attached hydrogen (secondary N) is 1. The van der Waals surface area contributed by atoms with Crippen LogP contribution < -0.4 is 5.32 Å². The van der Waals surface area contributed by atoms with Crippen molar-refractivity contribution in [3.63, 3.8) is 0 Å². The van der Waals surface area contributed by atoms with E-state index in [1.165, 1.54) is 50.3 Å². The van der Waals surface area contributed by atoms with Crippen molar-refractivity contribution in [3.8, 4) is 0 Å². The summed E-state index contributed by atoms with van der Waals surface area (Å²) < 4.78 is 14.5. The Balaban J connectivity index is 1.50. The molecule has 1 aliphatic carbocycles. The summed E-state index contributed by atoms with van der Waals surface area (Å²) in [5.41, 5.74) is 1.30. The van der Waals surface area contributed by atoms with Crippen molar-refractivity contribution in [2.45, 2.75) is 103 Å². The zero-order chi connectivity index (χ0) is 21.6. The van der Waals surface area contributed by atoms with E-state index in [1.54, 1.807) is 0 Å². The van der Waals surface area contributed by atoms with Crippen LogP contribution in [0.4, 0.5) is 0 Å². The predicted molar refractivity (Wildman–Crippen MR) is 127 cm³/mol. The van der Waals surface area contributed by atoms with Gasteiger partial charge in [0.2, 0.25) is 0 Å². The molecule has 2 heterocycles. The molecule has 6 heteroatoms. The number of hydrogen-bond acceptors (Lipinski definition) is 4. The summed E-state index contributed by atoms with van der Waals surface area (Å²) >= 11 is 0. The van der Waals surface area contributed by atoms with Gasteiger partial charge in [-0.3, -0.25) is 0 Å². The van der Waals surface area contributed by atoms with Gasteiger partial charge >= 0.3 is 0 Å². The Labute approximate surface area is 185 Å². The van der Waals surface area contributed by atoms with Gasteiger partial charge in [-0.05, 0) is 69.0 Å². The maximum atomic E-state index is 6.44. The number of rotatable bonds is 10. The van der Waals surface area contributed by atoms with Gasteiger partial charge in [-0.2, -0.15) is 5.10 Å². The first-order valence-electron chi connectivity index (χ1n) is 12.3. The standard InChI is InChI=1S/C24H45N3O2Si/c1-19(2)20-8-10-21(11-9-20)29-17-23-22(7-6-13-25-23)24-12-14-26-27(24)18-28-15-16-30(3,4)5/h12,14,19-23,25H,6-11,13,15-18H2,1-5H3/t20?,21?,22?,23-/m0/s1. The highest BCUT2D eigenvalue weighted by Gasteiger charge is 2.31. The lowest BCUT2D eigenvalue weighted by Crippen LogP contribution is -2.45. The van der Waals surface area contributed by atoms with E-state index in [2.05, 4.69) is 54.7 Å². The molecule has 0 aromatic carbocycles. The van der Waals surface area contributed by atoms with Gasteiger partial charge in [0.1, 0.15) is 6.73 Å². The van der Waals surface area contributed by atoms with Crippen molar-refractivity contribution >= 4 is 8.07 Å². The second kappa shape index (κ2) is 11.3. The highest BCUT2D eigenvalue weighted by atomic mass is 28.3. The molecule has 0 bridgehead atoms. The van der Waals surface area contributed by atoms with Gasteiger partial charge in [-0.1, -0.05) is 33.5 Å². The number of aromatic nitrogens is 2. The van der Waals surface area contributed by atoms with E-state index < -0.39 is 8.07 Å². The highest BCUT2D eigenvalue weighted by Crippen LogP contribution is 2.33. The van der Waals surface area contributed by atoms with Crippen LogP contribution in [-0.2, 0) is 16.2 Å². The van der Waals surface area contributed by atoms with Crippen LogP contribution in [-0.4, -0.2) is 49.8 Å². The summed E-state index contributed by atoms with van der Waals surface area (Å²) in [7, 11) is -1.06. The molecule has 1 aromatic rings. The Bertz CT molecular complexity index is 620. The van der Waals surface area contributed by atoms with Crippen LogP contribution in [0.3, 0.4) is 0 Å². The van der Waals surface area contributed by atoms with Gasteiger partial charge in [0, 0.05) is 38.5 Å². The normalized spacial score (nSPS) is 28.2. The van der Waals surface area contributed by atoms with Crippen molar-refractivity contribution in [1.29, 1.82) is 0 Å². The minimum Gasteiger partial charge on any atom is -0.377 e. The molecular weight excluding hydrogens is 390 g/mol. The van der Waals surface area contributed by atoms with E-state index >= 15 is 0 Å². The number of nitrogens with zero attached hydrogens (tertiary/aromatic N) is 2. The molecule has 5 nitrogen and oxygen atoms in total. The molecule has 0 radical (unpaired) electrons. The van der Waals surface area contributed by atoms with Crippen LogP contribution in [0.5, 0.6) is 0 Å². The van der Waals surface area contributed by atoms with E-state index in [1.807, 2.05) is 6.20 Å². The Hall–Kier alpha value is -0.693. The molecule has 1 N–H and O–H groups in total. The number of piperidine rings is 1. The fourth-order valence-electron chi connectivity index (χ4n) is 4.94. The topological polar surface area (TPSA) is 48.3 Å². The molecule has 1 aromatic heterocycles. The van der Waals surface area contributed by atoms with E-state index in [-0.39, 0.29) is 0 Å². The molecule has 30 heavy (non-hydrogen) atoms. The molecule has 1 saturated carbocycles. The molecule has 3 rings (SSSR count). The lowest BCUT2D eigenvalue weighted by atomic mass is 9.80. The van der Waals surface area contributed by atoms with E-state index in [9.17, 15) is 0 Å². The summed E-state index contributed by atoms with van der Waals surface area (Å²) in [6.07, 6.45) is 9.88. The van der Waals surface area contributed by atoms with E-state index in [0.717, 1.165) is 31.6 Å². The SMILES string of the molecule is CC(C)C1CCC(OC[C@@H]2NCCCC2c2ccnn2COCC[Si](C)(C)C)CC1. The Kier molecular flexibility index (Phi) is 8.99. The Morgan fingerprint density at radius 3 is 2.63 bits per heavy atom. The average molecular weight is 436 g/mol. The van der Waals surface area contributed by atoms with Crippen molar-refractivity contribution in [1.82, 2.24) is 15.1 Å². The maximum absolute atomic E-state index is 6.44. The van der Waals surface area contributed by atoms with E-state index in [0.29, 0.717) is 24.8 Å². The van der Waals surface area contributed by atoms with Gasteiger partial charge in [-0.15, -0.1) is 0 Å².